The monoisotopic (exact) mass is 174 g/mol. The fraction of sp³-hybridized carbons (Fsp3) is 0. The van der Waals surface area contributed by atoms with Crippen LogP contribution in [0.4, 0.5) is 8.78 Å². The summed E-state index contributed by atoms with van der Waals surface area (Å²) in [5.74, 6) is -2.25. The molecule has 0 unspecified atom stereocenters. The molecule has 5 heteroatoms. The first-order valence-corrected chi connectivity index (χ1v) is 2.94. The van der Waals surface area contributed by atoms with Crippen molar-refractivity contribution in [1.82, 2.24) is 4.98 Å². The van der Waals surface area contributed by atoms with Gasteiger partial charge in [0.2, 0.25) is 11.9 Å². The van der Waals surface area contributed by atoms with Crippen LogP contribution < -0.4 is 0 Å². The molecule has 0 amide bonds. The van der Waals surface area contributed by atoms with Crippen molar-refractivity contribution < 1.29 is 8.78 Å². The van der Waals surface area contributed by atoms with Gasteiger partial charge in [0.05, 0.1) is 5.02 Å². The Balaban J connectivity index is 3.35. The van der Waals surface area contributed by atoms with E-state index in [2.05, 4.69) is 4.98 Å². The summed E-state index contributed by atoms with van der Waals surface area (Å²) in [5.41, 5.74) is -0.364. The molecule has 0 aliphatic carbocycles. The molecule has 0 N–H and O–H groups in total. The van der Waals surface area contributed by atoms with Crippen molar-refractivity contribution >= 4 is 11.6 Å². The van der Waals surface area contributed by atoms with E-state index in [0.717, 1.165) is 6.07 Å². The van der Waals surface area contributed by atoms with Crippen LogP contribution in [0.1, 0.15) is 5.56 Å². The maximum absolute atomic E-state index is 12.4. The Morgan fingerprint density at radius 1 is 1.45 bits per heavy atom. The molecule has 0 aliphatic rings. The van der Waals surface area contributed by atoms with Gasteiger partial charge in [-0.05, 0) is 6.07 Å². The van der Waals surface area contributed by atoms with Crippen molar-refractivity contribution in [3.8, 4) is 6.07 Å². The van der Waals surface area contributed by atoms with Gasteiger partial charge in [0.15, 0.2) is 0 Å². The molecule has 1 heterocycles. The van der Waals surface area contributed by atoms with E-state index in [4.69, 9.17) is 16.9 Å². The molecule has 0 bridgehead atoms. The van der Waals surface area contributed by atoms with Crippen LogP contribution in [0.3, 0.4) is 0 Å². The molecule has 0 aromatic carbocycles. The molecule has 0 radical (unpaired) electrons. The predicted octanol–water partition coefficient (Wildman–Crippen LogP) is 1.88. The number of nitriles is 1. The van der Waals surface area contributed by atoms with E-state index in [0.29, 0.717) is 0 Å². The van der Waals surface area contributed by atoms with Gasteiger partial charge in [-0.2, -0.15) is 19.0 Å². The van der Waals surface area contributed by atoms with E-state index in [-0.39, 0.29) is 10.6 Å². The van der Waals surface area contributed by atoms with Crippen LogP contribution in [0.15, 0.2) is 6.07 Å². The van der Waals surface area contributed by atoms with Crippen LogP contribution in [0.5, 0.6) is 0 Å². The molecule has 0 aliphatic heterocycles. The van der Waals surface area contributed by atoms with Gasteiger partial charge in [0.25, 0.3) is 0 Å². The van der Waals surface area contributed by atoms with Gasteiger partial charge < -0.3 is 0 Å². The fourth-order valence-corrected chi connectivity index (χ4v) is 0.675. The first-order valence-electron chi connectivity index (χ1n) is 2.57. The lowest BCUT2D eigenvalue weighted by Gasteiger charge is -1.93. The van der Waals surface area contributed by atoms with Crippen LogP contribution in [0, 0.1) is 23.2 Å². The topological polar surface area (TPSA) is 36.7 Å². The first-order chi connectivity index (χ1) is 5.15. The Kier molecular flexibility index (Phi) is 2.01. The summed E-state index contributed by atoms with van der Waals surface area (Å²) in [5, 5.41) is 7.86. The van der Waals surface area contributed by atoms with E-state index in [1.165, 1.54) is 6.07 Å². The first kappa shape index (κ1) is 7.89. The van der Waals surface area contributed by atoms with Gasteiger partial charge in [-0.3, -0.25) is 0 Å². The standard InChI is InChI=1S/C6HClF2N2/c7-4-1-3(2-10)5(8)11-6(4)9/h1H. The van der Waals surface area contributed by atoms with Crippen LogP contribution in [-0.4, -0.2) is 4.98 Å². The molecule has 56 valence electrons. The minimum Gasteiger partial charge on any atom is -0.192 e. The Morgan fingerprint density at radius 3 is 2.64 bits per heavy atom. The normalized spacial score (nSPS) is 9.27. The summed E-state index contributed by atoms with van der Waals surface area (Å²) in [6, 6.07) is 2.36. The summed E-state index contributed by atoms with van der Waals surface area (Å²) < 4.78 is 24.7. The highest BCUT2D eigenvalue weighted by molar-refractivity contribution is 6.30. The summed E-state index contributed by atoms with van der Waals surface area (Å²) in [7, 11) is 0. The maximum atomic E-state index is 12.4. The van der Waals surface area contributed by atoms with Crippen molar-refractivity contribution in [3.63, 3.8) is 0 Å². The van der Waals surface area contributed by atoms with Crippen molar-refractivity contribution in [3.05, 3.63) is 28.5 Å². The van der Waals surface area contributed by atoms with Gasteiger partial charge in [-0.1, -0.05) is 11.6 Å². The average Bonchev–Trinajstić information content (AvgIpc) is 1.97. The number of nitrogens with zero attached hydrogens (tertiary/aromatic N) is 2. The lowest BCUT2D eigenvalue weighted by atomic mass is 10.3. The third-order valence-corrected chi connectivity index (χ3v) is 1.27. The molecule has 0 saturated carbocycles. The highest BCUT2D eigenvalue weighted by Crippen LogP contribution is 2.15. The Morgan fingerprint density at radius 2 is 2.09 bits per heavy atom. The zero-order valence-electron chi connectivity index (χ0n) is 5.11. The second kappa shape index (κ2) is 2.81. The quantitative estimate of drug-likeness (QED) is 0.563. The lowest BCUT2D eigenvalue weighted by molar-refractivity contribution is 0.510. The van der Waals surface area contributed by atoms with Crippen LogP contribution in [0.2, 0.25) is 5.02 Å². The van der Waals surface area contributed by atoms with Gasteiger partial charge in [-0.15, -0.1) is 0 Å². The smallest absolute Gasteiger partial charge is 0.192 e. The SMILES string of the molecule is N#Cc1cc(Cl)c(F)nc1F. The number of hydrogen-bond donors (Lipinski definition) is 0. The third-order valence-electron chi connectivity index (χ3n) is 1.01. The second-order valence-corrected chi connectivity index (χ2v) is 2.12. The third kappa shape index (κ3) is 1.44. The summed E-state index contributed by atoms with van der Waals surface area (Å²) in [6.07, 6.45) is 0. The Labute approximate surface area is 66.0 Å². The number of halogens is 3. The van der Waals surface area contributed by atoms with E-state index in [1.807, 2.05) is 0 Å². The summed E-state index contributed by atoms with van der Waals surface area (Å²) in [4.78, 5) is 2.76. The van der Waals surface area contributed by atoms with Gasteiger partial charge in [0.1, 0.15) is 11.6 Å². The molecule has 2 nitrogen and oxygen atoms in total. The molecule has 1 rings (SSSR count). The van der Waals surface area contributed by atoms with E-state index in [9.17, 15) is 8.78 Å². The van der Waals surface area contributed by atoms with E-state index in [1.54, 1.807) is 0 Å². The number of rotatable bonds is 0. The number of pyridine rings is 1. The Hall–Kier alpha value is -1.21. The van der Waals surface area contributed by atoms with Crippen LogP contribution in [-0.2, 0) is 0 Å². The largest absolute Gasteiger partial charge is 0.234 e. The van der Waals surface area contributed by atoms with Crippen molar-refractivity contribution in [2.45, 2.75) is 0 Å². The molecule has 0 saturated heterocycles. The van der Waals surface area contributed by atoms with Crippen molar-refractivity contribution in [1.29, 1.82) is 5.26 Å². The molecule has 1 aromatic rings. The zero-order valence-corrected chi connectivity index (χ0v) is 5.86. The molecule has 0 atom stereocenters. The molecule has 0 spiro atoms. The lowest BCUT2D eigenvalue weighted by Crippen LogP contribution is -1.93. The molecule has 1 aromatic heterocycles. The summed E-state index contributed by atoms with van der Waals surface area (Å²) >= 11 is 5.21. The van der Waals surface area contributed by atoms with Crippen LogP contribution >= 0.6 is 11.6 Å². The van der Waals surface area contributed by atoms with Crippen LogP contribution in [0.25, 0.3) is 0 Å². The molecular weight excluding hydrogens is 174 g/mol. The maximum Gasteiger partial charge on any atom is 0.234 e. The minimum absolute atomic E-state index is 0.358. The molecule has 11 heavy (non-hydrogen) atoms. The highest BCUT2D eigenvalue weighted by Gasteiger charge is 2.08. The van der Waals surface area contributed by atoms with Crippen molar-refractivity contribution in [2.24, 2.45) is 0 Å². The fourth-order valence-electron chi connectivity index (χ4n) is 0.524. The van der Waals surface area contributed by atoms with E-state index >= 15 is 0 Å². The Bertz CT molecular complexity index is 332. The number of aromatic nitrogens is 1. The summed E-state index contributed by atoms with van der Waals surface area (Å²) in [6.45, 7) is 0. The van der Waals surface area contributed by atoms with Gasteiger partial charge >= 0.3 is 0 Å². The minimum atomic E-state index is -1.14. The molecule has 0 fully saturated rings. The van der Waals surface area contributed by atoms with Gasteiger partial charge in [0, 0.05) is 0 Å². The van der Waals surface area contributed by atoms with Crippen molar-refractivity contribution in [2.75, 3.05) is 0 Å². The predicted molar refractivity (Wildman–Crippen MR) is 33.9 cm³/mol. The number of hydrogen-bond acceptors (Lipinski definition) is 2. The van der Waals surface area contributed by atoms with E-state index < -0.39 is 11.9 Å². The zero-order chi connectivity index (χ0) is 8.43. The highest BCUT2D eigenvalue weighted by atomic mass is 35.5. The average molecular weight is 175 g/mol. The van der Waals surface area contributed by atoms with Gasteiger partial charge in [-0.25, -0.2) is 0 Å². The molecular formula is C6HClF2N2. The second-order valence-electron chi connectivity index (χ2n) is 1.71.